The molecule has 0 radical (unpaired) electrons. The summed E-state index contributed by atoms with van der Waals surface area (Å²) in [6, 6.07) is 6.08. The quantitative estimate of drug-likeness (QED) is 0.807. The average molecular weight is 263 g/mol. The maximum Gasteiger partial charge on any atom is 0.223 e. The summed E-state index contributed by atoms with van der Waals surface area (Å²) in [4.78, 5) is 11.1. The number of carbonyl (C=O) groups excluding carboxylic acids is 1. The number of hydrogen-bond donors (Lipinski definition) is 2. The molecule has 0 saturated heterocycles. The summed E-state index contributed by atoms with van der Waals surface area (Å²) < 4.78 is 18.2. The fraction of sp³-hybridized carbons (Fsp3) is 0.364. The molecule has 0 aromatic heterocycles. The van der Waals surface area contributed by atoms with Crippen molar-refractivity contribution in [3.05, 3.63) is 30.1 Å². The van der Waals surface area contributed by atoms with Gasteiger partial charge in [0.05, 0.1) is 13.0 Å². The summed E-state index contributed by atoms with van der Waals surface area (Å²) in [6.45, 7) is 0.996. The first-order valence-electron chi connectivity index (χ1n) is 5.08. The van der Waals surface area contributed by atoms with E-state index >= 15 is 0 Å². The number of halogens is 2. The Bertz CT molecular complexity index is 350. The maximum atomic E-state index is 13.1. The molecule has 17 heavy (non-hydrogen) atoms. The number of hydrogen-bond acceptors (Lipinski definition) is 3. The van der Waals surface area contributed by atoms with Crippen molar-refractivity contribution in [3.63, 3.8) is 0 Å². The second-order valence-electron chi connectivity index (χ2n) is 3.17. The van der Waals surface area contributed by atoms with Crippen LogP contribution in [0.15, 0.2) is 24.3 Å². The van der Waals surface area contributed by atoms with Crippen molar-refractivity contribution in [1.82, 2.24) is 5.32 Å². The first-order chi connectivity index (χ1) is 7.74. The van der Waals surface area contributed by atoms with Crippen molar-refractivity contribution in [3.8, 4) is 5.75 Å². The Morgan fingerprint density at radius 3 is 2.76 bits per heavy atom. The number of carbonyl (C=O) groups is 1. The lowest BCUT2D eigenvalue weighted by Gasteiger charge is -2.07. The van der Waals surface area contributed by atoms with Crippen molar-refractivity contribution >= 4 is 18.3 Å². The van der Waals surface area contributed by atoms with Gasteiger partial charge in [0.1, 0.15) is 0 Å². The lowest BCUT2D eigenvalue weighted by molar-refractivity contribution is -0.121. The summed E-state index contributed by atoms with van der Waals surface area (Å²) in [7, 11) is 0. The highest BCUT2D eigenvalue weighted by Gasteiger charge is 2.03. The van der Waals surface area contributed by atoms with E-state index in [1.54, 1.807) is 12.1 Å². The van der Waals surface area contributed by atoms with Gasteiger partial charge in [-0.15, -0.1) is 12.4 Å². The third-order valence-corrected chi connectivity index (χ3v) is 1.89. The molecule has 0 aliphatic heterocycles. The molecule has 4 nitrogen and oxygen atoms in total. The van der Waals surface area contributed by atoms with Gasteiger partial charge in [-0.1, -0.05) is 12.1 Å². The zero-order chi connectivity index (χ0) is 11.8. The van der Waals surface area contributed by atoms with E-state index in [-0.39, 0.29) is 37.1 Å². The van der Waals surface area contributed by atoms with Crippen molar-refractivity contribution in [1.29, 1.82) is 0 Å². The topological polar surface area (TPSA) is 64.3 Å². The van der Waals surface area contributed by atoms with E-state index in [2.05, 4.69) is 5.32 Å². The Labute approximate surface area is 106 Å². The summed E-state index contributed by atoms with van der Waals surface area (Å²) in [6.07, 6.45) is 0.189. The highest BCUT2D eigenvalue weighted by atomic mass is 35.5. The van der Waals surface area contributed by atoms with Crippen LogP contribution in [0.2, 0.25) is 0 Å². The molecule has 1 aromatic carbocycles. The molecular weight excluding hydrogens is 247 g/mol. The number of rotatable bonds is 6. The molecule has 0 unspecified atom stereocenters. The fourth-order valence-corrected chi connectivity index (χ4v) is 1.12. The second kappa shape index (κ2) is 8.78. The fourth-order valence-electron chi connectivity index (χ4n) is 1.12. The van der Waals surface area contributed by atoms with E-state index in [0.29, 0.717) is 13.1 Å². The number of ether oxygens (including phenoxy) is 1. The molecule has 0 aliphatic carbocycles. The Balaban J connectivity index is 0.00000256. The molecule has 0 heterocycles. The van der Waals surface area contributed by atoms with Crippen LogP contribution in [-0.4, -0.2) is 25.6 Å². The molecule has 0 bridgehead atoms. The van der Waals surface area contributed by atoms with Crippen molar-refractivity contribution in [2.24, 2.45) is 5.73 Å². The number of amides is 1. The van der Waals surface area contributed by atoms with Crippen LogP contribution in [0.1, 0.15) is 6.42 Å². The van der Waals surface area contributed by atoms with Crippen LogP contribution in [-0.2, 0) is 4.79 Å². The summed E-state index contributed by atoms with van der Waals surface area (Å²) in [5, 5.41) is 2.60. The van der Waals surface area contributed by atoms with E-state index in [1.807, 2.05) is 0 Å². The Kier molecular flexibility index (Phi) is 8.09. The summed E-state index contributed by atoms with van der Waals surface area (Å²) >= 11 is 0. The highest BCUT2D eigenvalue weighted by molar-refractivity contribution is 5.85. The molecule has 1 aromatic rings. The van der Waals surface area contributed by atoms with Crippen LogP contribution in [0.3, 0.4) is 0 Å². The Morgan fingerprint density at radius 2 is 2.12 bits per heavy atom. The van der Waals surface area contributed by atoms with Crippen LogP contribution >= 0.6 is 12.4 Å². The Morgan fingerprint density at radius 1 is 1.41 bits per heavy atom. The van der Waals surface area contributed by atoms with Gasteiger partial charge in [0, 0.05) is 13.1 Å². The number of para-hydroxylation sites is 1. The van der Waals surface area contributed by atoms with Crippen LogP contribution in [0.5, 0.6) is 5.75 Å². The lowest BCUT2D eigenvalue weighted by Crippen LogP contribution is -2.29. The molecule has 0 fully saturated rings. The van der Waals surface area contributed by atoms with Gasteiger partial charge in [-0.05, 0) is 12.1 Å². The summed E-state index contributed by atoms with van der Waals surface area (Å²) in [5.41, 5.74) is 5.22. The SMILES string of the molecule is Cl.NCCNC(=O)CCOc1ccccc1F. The average Bonchev–Trinajstić information content (AvgIpc) is 2.29. The first-order valence-corrected chi connectivity index (χ1v) is 5.08. The van der Waals surface area contributed by atoms with Gasteiger partial charge in [0.15, 0.2) is 11.6 Å². The smallest absolute Gasteiger partial charge is 0.223 e. The normalized spacial score (nSPS) is 9.29. The van der Waals surface area contributed by atoms with Crippen LogP contribution in [0.4, 0.5) is 4.39 Å². The molecule has 0 saturated carbocycles. The van der Waals surface area contributed by atoms with Gasteiger partial charge in [-0.25, -0.2) is 4.39 Å². The number of nitrogens with two attached hydrogens (primary N) is 1. The molecule has 0 atom stereocenters. The predicted octanol–water partition coefficient (Wildman–Crippen LogP) is 1.09. The van der Waals surface area contributed by atoms with E-state index in [0.717, 1.165) is 0 Å². The largest absolute Gasteiger partial charge is 0.490 e. The van der Waals surface area contributed by atoms with E-state index in [9.17, 15) is 9.18 Å². The molecule has 0 spiro atoms. The van der Waals surface area contributed by atoms with Gasteiger partial charge < -0.3 is 15.8 Å². The molecule has 0 aliphatic rings. The third-order valence-electron chi connectivity index (χ3n) is 1.89. The maximum absolute atomic E-state index is 13.1. The number of nitrogens with one attached hydrogen (secondary N) is 1. The van der Waals surface area contributed by atoms with Crippen molar-refractivity contribution in [2.45, 2.75) is 6.42 Å². The third kappa shape index (κ3) is 6.09. The van der Waals surface area contributed by atoms with Gasteiger partial charge >= 0.3 is 0 Å². The van der Waals surface area contributed by atoms with Crippen LogP contribution < -0.4 is 15.8 Å². The standard InChI is InChI=1S/C11H15FN2O2.ClH/c12-9-3-1-2-4-10(9)16-8-5-11(15)14-7-6-13;/h1-4H,5-8,13H2,(H,14,15);1H. The molecule has 1 rings (SSSR count). The van der Waals surface area contributed by atoms with Crippen LogP contribution in [0.25, 0.3) is 0 Å². The molecule has 96 valence electrons. The van der Waals surface area contributed by atoms with Gasteiger partial charge in [-0.3, -0.25) is 4.79 Å². The number of benzene rings is 1. The zero-order valence-electron chi connectivity index (χ0n) is 9.32. The lowest BCUT2D eigenvalue weighted by atomic mass is 10.3. The molecule has 1 amide bonds. The monoisotopic (exact) mass is 262 g/mol. The minimum absolute atomic E-state index is 0. The van der Waals surface area contributed by atoms with Gasteiger partial charge in [0.2, 0.25) is 5.91 Å². The minimum Gasteiger partial charge on any atom is -0.490 e. The predicted molar refractivity (Wildman–Crippen MR) is 65.8 cm³/mol. The molecule has 3 N–H and O–H groups in total. The van der Waals surface area contributed by atoms with E-state index in [4.69, 9.17) is 10.5 Å². The second-order valence-corrected chi connectivity index (χ2v) is 3.17. The molecular formula is C11H16ClFN2O2. The molecule has 6 heteroatoms. The Hall–Kier alpha value is -1.33. The van der Waals surface area contributed by atoms with Gasteiger partial charge in [-0.2, -0.15) is 0 Å². The highest BCUT2D eigenvalue weighted by Crippen LogP contribution is 2.15. The van der Waals surface area contributed by atoms with E-state index in [1.165, 1.54) is 12.1 Å². The van der Waals surface area contributed by atoms with E-state index < -0.39 is 5.82 Å². The van der Waals surface area contributed by atoms with Gasteiger partial charge in [0.25, 0.3) is 0 Å². The van der Waals surface area contributed by atoms with Crippen molar-refractivity contribution < 1.29 is 13.9 Å². The zero-order valence-corrected chi connectivity index (χ0v) is 10.1. The first kappa shape index (κ1) is 15.7. The van der Waals surface area contributed by atoms with Crippen molar-refractivity contribution in [2.75, 3.05) is 19.7 Å². The summed E-state index contributed by atoms with van der Waals surface area (Å²) in [5.74, 6) is -0.416. The van der Waals surface area contributed by atoms with Crippen LogP contribution in [0, 0.1) is 5.82 Å². The minimum atomic E-state index is -0.426.